The van der Waals surface area contributed by atoms with Gasteiger partial charge in [-0.25, -0.2) is 4.39 Å². The van der Waals surface area contributed by atoms with Gasteiger partial charge in [-0.2, -0.15) is 0 Å². The van der Waals surface area contributed by atoms with Crippen molar-refractivity contribution in [3.05, 3.63) is 34.1 Å². The van der Waals surface area contributed by atoms with E-state index >= 15 is 0 Å². The Morgan fingerprint density at radius 1 is 1.44 bits per heavy atom. The zero-order valence-corrected chi connectivity index (χ0v) is 11.7. The van der Waals surface area contributed by atoms with Crippen LogP contribution in [0.25, 0.3) is 0 Å². The first kappa shape index (κ1) is 14.6. The number of rotatable bonds is 4. The first-order chi connectivity index (χ1) is 8.45. The Morgan fingerprint density at radius 2 is 2.11 bits per heavy atom. The van der Waals surface area contributed by atoms with Crippen molar-refractivity contribution in [1.82, 2.24) is 4.90 Å². The van der Waals surface area contributed by atoms with Crippen LogP contribution in [0.3, 0.4) is 0 Å². The van der Waals surface area contributed by atoms with Crippen molar-refractivity contribution in [2.24, 2.45) is 0 Å². The summed E-state index contributed by atoms with van der Waals surface area (Å²) in [5, 5.41) is 0. The van der Waals surface area contributed by atoms with E-state index in [-0.39, 0.29) is 24.4 Å². The minimum atomic E-state index is -0.498. The average molecular weight is 318 g/mol. The number of esters is 1. The van der Waals surface area contributed by atoms with Crippen LogP contribution in [0.15, 0.2) is 22.7 Å². The second-order valence-corrected chi connectivity index (χ2v) is 4.54. The Morgan fingerprint density at radius 3 is 2.67 bits per heavy atom. The molecular weight excluding hydrogens is 305 g/mol. The van der Waals surface area contributed by atoms with Crippen molar-refractivity contribution in [2.75, 3.05) is 20.7 Å². The summed E-state index contributed by atoms with van der Waals surface area (Å²) in [5.41, 5.74) is 0.239. The van der Waals surface area contributed by atoms with Gasteiger partial charge in [0.05, 0.1) is 18.0 Å². The summed E-state index contributed by atoms with van der Waals surface area (Å²) >= 11 is 3.01. The van der Waals surface area contributed by atoms with Crippen LogP contribution in [0.5, 0.6) is 0 Å². The summed E-state index contributed by atoms with van der Waals surface area (Å²) in [6.45, 7) is 0.225. The number of carbonyl (C=O) groups excluding carboxylic acids is 2. The van der Waals surface area contributed by atoms with Crippen LogP contribution in [0, 0.1) is 5.82 Å². The lowest BCUT2D eigenvalue weighted by Gasteiger charge is -2.16. The lowest BCUT2D eigenvalue weighted by molar-refractivity contribution is -0.140. The van der Waals surface area contributed by atoms with E-state index in [9.17, 15) is 14.0 Å². The normalized spacial score (nSPS) is 10.0. The summed E-state index contributed by atoms with van der Waals surface area (Å²) in [5.74, 6) is -1.23. The monoisotopic (exact) mass is 317 g/mol. The molecule has 0 aliphatic heterocycles. The smallest absolute Gasteiger partial charge is 0.307 e. The molecule has 0 bridgehead atoms. The van der Waals surface area contributed by atoms with E-state index in [1.54, 1.807) is 7.05 Å². The molecule has 18 heavy (non-hydrogen) atoms. The Kier molecular flexibility index (Phi) is 5.27. The van der Waals surface area contributed by atoms with Gasteiger partial charge in [0.15, 0.2) is 0 Å². The third-order valence-electron chi connectivity index (χ3n) is 2.39. The number of nitrogens with zero attached hydrogens (tertiary/aromatic N) is 1. The fourth-order valence-electron chi connectivity index (χ4n) is 1.31. The van der Waals surface area contributed by atoms with Crippen LogP contribution in [-0.4, -0.2) is 37.5 Å². The van der Waals surface area contributed by atoms with E-state index in [1.165, 1.54) is 24.1 Å². The number of ether oxygens (including phenoxy) is 1. The maximum Gasteiger partial charge on any atom is 0.307 e. The molecule has 0 heterocycles. The molecule has 0 aliphatic rings. The SMILES string of the molecule is COC(=O)CCN(C)C(=O)c1ccc(Br)c(F)c1. The first-order valence-electron chi connectivity index (χ1n) is 5.23. The topological polar surface area (TPSA) is 46.6 Å². The van der Waals surface area contributed by atoms with Gasteiger partial charge in [0, 0.05) is 19.2 Å². The molecule has 0 saturated carbocycles. The number of hydrogen-bond donors (Lipinski definition) is 0. The van der Waals surface area contributed by atoms with Gasteiger partial charge in [-0.15, -0.1) is 0 Å². The van der Waals surface area contributed by atoms with Crippen LogP contribution >= 0.6 is 15.9 Å². The molecule has 0 aromatic heterocycles. The standard InChI is InChI=1S/C12H13BrFNO3/c1-15(6-5-11(16)18-2)12(17)8-3-4-9(13)10(14)7-8/h3-4,7H,5-6H2,1-2H3. The second kappa shape index (κ2) is 6.49. The highest BCUT2D eigenvalue weighted by Gasteiger charge is 2.14. The molecule has 1 rings (SSSR count). The molecule has 1 aromatic rings. The van der Waals surface area contributed by atoms with Crippen molar-refractivity contribution in [3.8, 4) is 0 Å². The third kappa shape index (κ3) is 3.80. The first-order valence-corrected chi connectivity index (χ1v) is 6.02. The summed E-state index contributed by atoms with van der Waals surface area (Å²) < 4.78 is 18.1. The highest BCUT2D eigenvalue weighted by Crippen LogP contribution is 2.17. The molecule has 1 aromatic carbocycles. The molecule has 0 fully saturated rings. The Hall–Kier alpha value is -1.43. The Bertz CT molecular complexity index is 465. The Balaban J connectivity index is 2.68. The molecule has 0 saturated heterocycles. The molecule has 98 valence electrons. The maximum atomic E-state index is 13.3. The second-order valence-electron chi connectivity index (χ2n) is 3.68. The molecule has 0 radical (unpaired) electrons. The molecule has 0 aliphatic carbocycles. The number of benzene rings is 1. The largest absolute Gasteiger partial charge is 0.469 e. The number of amides is 1. The number of hydrogen-bond acceptors (Lipinski definition) is 3. The predicted octanol–water partition coefficient (Wildman–Crippen LogP) is 2.22. The van der Waals surface area contributed by atoms with Crippen LogP contribution in [0.4, 0.5) is 4.39 Å². The number of methoxy groups -OCH3 is 1. The quantitative estimate of drug-likeness (QED) is 0.800. The fourth-order valence-corrected chi connectivity index (χ4v) is 1.56. The van der Waals surface area contributed by atoms with Gasteiger partial charge >= 0.3 is 5.97 Å². The van der Waals surface area contributed by atoms with E-state index < -0.39 is 11.8 Å². The van der Waals surface area contributed by atoms with E-state index in [1.807, 2.05) is 0 Å². The summed E-state index contributed by atoms with van der Waals surface area (Å²) in [6, 6.07) is 4.14. The third-order valence-corrected chi connectivity index (χ3v) is 3.04. The molecule has 1 amide bonds. The van der Waals surface area contributed by atoms with E-state index in [4.69, 9.17) is 0 Å². The van der Waals surface area contributed by atoms with E-state index in [2.05, 4.69) is 20.7 Å². The molecule has 6 heteroatoms. The van der Waals surface area contributed by atoms with Gasteiger partial charge in [0.25, 0.3) is 5.91 Å². The highest BCUT2D eigenvalue weighted by molar-refractivity contribution is 9.10. The summed E-state index contributed by atoms with van der Waals surface area (Å²) in [6.07, 6.45) is 0.109. The lowest BCUT2D eigenvalue weighted by atomic mass is 10.2. The van der Waals surface area contributed by atoms with Crippen molar-refractivity contribution in [1.29, 1.82) is 0 Å². The Labute approximate surface area is 113 Å². The van der Waals surface area contributed by atoms with Gasteiger partial charge in [0.1, 0.15) is 5.82 Å². The molecule has 0 unspecified atom stereocenters. The van der Waals surface area contributed by atoms with Crippen LogP contribution in [0.1, 0.15) is 16.8 Å². The van der Waals surface area contributed by atoms with E-state index in [0.717, 1.165) is 6.07 Å². The molecule has 0 atom stereocenters. The van der Waals surface area contributed by atoms with Crippen LogP contribution < -0.4 is 0 Å². The van der Waals surface area contributed by atoms with Crippen molar-refractivity contribution in [2.45, 2.75) is 6.42 Å². The van der Waals surface area contributed by atoms with Crippen LogP contribution in [-0.2, 0) is 9.53 Å². The van der Waals surface area contributed by atoms with Gasteiger partial charge in [-0.1, -0.05) is 0 Å². The number of halogens is 2. The lowest BCUT2D eigenvalue weighted by Crippen LogP contribution is -2.29. The van der Waals surface area contributed by atoms with Crippen molar-refractivity contribution in [3.63, 3.8) is 0 Å². The van der Waals surface area contributed by atoms with E-state index in [0.29, 0.717) is 4.47 Å². The summed E-state index contributed by atoms with van der Waals surface area (Å²) in [4.78, 5) is 24.2. The van der Waals surface area contributed by atoms with Gasteiger partial charge in [-0.05, 0) is 34.1 Å². The zero-order valence-electron chi connectivity index (χ0n) is 10.1. The molecule has 0 N–H and O–H groups in total. The molecular formula is C12H13BrFNO3. The zero-order chi connectivity index (χ0) is 13.7. The van der Waals surface area contributed by atoms with Crippen molar-refractivity contribution < 1.29 is 18.7 Å². The summed E-state index contributed by atoms with van der Waals surface area (Å²) in [7, 11) is 2.83. The van der Waals surface area contributed by atoms with Crippen LogP contribution in [0.2, 0.25) is 0 Å². The fraction of sp³-hybridized carbons (Fsp3) is 0.333. The average Bonchev–Trinajstić information content (AvgIpc) is 2.37. The molecule has 0 spiro atoms. The predicted molar refractivity (Wildman–Crippen MR) is 67.7 cm³/mol. The van der Waals surface area contributed by atoms with Gasteiger partial charge in [-0.3, -0.25) is 9.59 Å². The van der Waals surface area contributed by atoms with Gasteiger partial charge in [0.2, 0.25) is 0 Å². The van der Waals surface area contributed by atoms with Gasteiger partial charge < -0.3 is 9.64 Å². The number of carbonyl (C=O) groups is 2. The molecule has 4 nitrogen and oxygen atoms in total. The maximum absolute atomic E-state index is 13.3. The van der Waals surface area contributed by atoms with Crippen molar-refractivity contribution >= 4 is 27.8 Å². The minimum Gasteiger partial charge on any atom is -0.469 e. The highest BCUT2D eigenvalue weighted by atomic mass is 79.9. The minimum absolute atomic E-state index is 0.109.